The molecule has 1 atom stereocenters. The molecule has 0 bridgehead atoms. The summed E-state index contributed by atoms with van der Waals surface area (Å²) < 4.78 is 33.5. The molecule has 7 heteroatoms. The van der Waals surface area contributed by atoms with Crippen molar-refractivity contribution in [2.45, 2.75) is 25.8 Å². The largest absolute Gasteiger partial charge is 0.462 e. The van der Waals surface area contributed by atoms with Gasteiger partial charge in [-0.2, -0.15) is 8.78 Å². The molecule has 0 radical (unpaired) electrons. The topological polar surface area (TPSA) is 52.6 Å². The van der Waals surface area contributed by atoms with Gasteiger partial charge in [-0.3, -0.25) is 4.79 Å². The summed E-state index contributed by atoms with van der Waals surface area (Å²) in [6.07, 6.45) is 0. The van der Waals surface area contributed by atoms with Crippen molar-refractivity contribution in [2.24, 2.45) is 0 Å². The SMILES string of the molecule is CCOC(=O)c1cc(OC(F)F)cc(C(=O)C(C)Cl)c1. The average molecular weight is 307 g/mol. The van der Waals surface area contributed by atoms with Crippen LogP contribution in [0.4, 0.5) is 8.78 Å². The van der Waals surface area contributed by atoms with E-state index in [2.05, 4.69) is 4.74 Å². The number of ether oxygens (including phenoxy) is 2. The summed E-state index contributed by atoms with van der Waals surface area (Å²) >= 11 is 5.66. The zero-order valence-corrected chi connectivity index (χ0v) is 11.6. The minimum atomic E-state index is -3.07. The molecule has 0 spiro atoms. The maximum absolute atomic E-state index is 12.2. The molecule has 20 heavy (non-hydrogen) atoms. The van der Waals surface area contributed by atoms with Gasteiger partial charge >= 0.3 is 12.6 Å². The minimum absolute atomic E-state index is 0.00806. The van der Waals surface area contributed by atoms with Gasteiger partial charge in [0.05, 0.1) is 17.5 Å². The third kappa shape index (κ3) is 4.45. The molecule has 0 saturated carbocycles. The molecule has 0 aliphatic carbocycles. The minimum Gasteiger partial charge on any atom is -0.462 e. The van der Waals surface area contributed by atoms with Crippen molar-refractivity contribution in [1.29, 1.82) is 0 Å². The average Bonchev–Trinajstić information content (AvgIpc) is 2.36. The number of carbonyl (C=O) groups excluding carboxylic acids is 2. The van der Waals surface area contributed by atoms with Crippen molar-refractivity contribution in [1.82, 2.24) is 0 Å². The van der Waals surface area contributed by atoms with Crippen molar-refractivity contribution in [2.75, 3.05) is 6.61 Å². The molecule has 1 unspecified atom stereocenters. The van der Waals surface area contributed by atoms with E-state index in [1.165, 1.54) is 13.0 Å². The van der Waals surface area contributed by atoms with Crippen LogP contribution in [0.3, 0.4) is 0 Å². The molecular formula is C13H13ClF2O4. The lowest BCUT2D eigenvalue weighted by Gasteiger charge is -2.10. The Hall–Kier alpha value is -1.69. The van der Waals surface area contributed by atoms with Gasteiger partial charge in [-0.25, -0.2) is 4.79 Å². The fraction of sp³-hybridized carbons (Fsp3) is 0.385. The fourth-order valence-electron chi connectivity index (χ4n) is 1.47. The highest BCUT2D eigenvalue weighted by molar-refractivity contribution is 6.33. The van der Waals surface area contributed by atoms with Crippen molar-refractivity contribution in [3.8, 4) is 5.75 Å². The summed E-state index contributed by atoms with van der Waals surface area (Å²) in [5.74, 6) is -1.54. The summed E-state index contributed by atoms with van der Waals surface area (Å²) in [5.41, 5.74) is -0.0423. The van der Waals surface area contributed by atoms with Crippen LogP contribution < -0.4 is 4.74 Å². The highest BCUT2D eigenvalue weighted by Crippen LogP contribution is 2.22. The number of esters is 1. The van der Waals surface area contributed by atoms with Crippen molar-refractivity contribution >= 4 is 23.4 Å². The molecule has 0 aromatic heterocycles. The highest BCUT2D eigenvalue weighted by Gasteiger charge is 2.18. The predicted molar refractivity (Wildman–Crippen MR) is 68.7 cm³/mol. The zero-order valence-electron chi connectivity index (χ0n) is 10.9. The lowest BCUT2D eigenvalue weighted by atomic mass is 10.0. The first-order valence-electron chi connectivity index (χ1n) is 5.80. The van der Waals surface area contributed by atoms with Crippen molar-refractivity contribution in [3.63, 3.8) is 0 Å². The third-order valence-electron chi connectivity index (χ3n) is 2.29. The normalized spacial score (nSPS) is 12.1. The van der Waals surface area contributed by atoms with Crippen LogP contribution in [0.25, 0.3) is 0 Å². The molecule has 0 N–H and O–H groups in total. The second kappa shape index (κ2) is 7.19. The van der Waals surface area contributed by atoms with Gasteiger partial charge in [0.2, 0.25) is 0 Å². The Morgan fingerprint density at radius 3 is 2.35 bits per heavy atom. The number of carbonyl (C=O) groups is 2. The van der Waals surface area contributed by atoms with Crippen molar-refractivity contribution < 1.29 is 27.8 Å². The second-order valence-electron chi connectivity index (χ2n) is 3.83. The molecule has 1 aromatic rings. The Bertz CT molecular complexity index is 503. The van der Waals surface area contributed by atoms with Gasteiger partial charge in [0, 0.05) is 5.56 Å². The van der Waals surface area contributed by atoms with Crippen LogP contribution in [-0.2, 0) is 4.74 Å². The Labute approximate surface area is 119 Å². The van der Waals surface area contributed by atoms with E-state index in [-0.39, 0.29) is 23.5 Å². The van der Waals surface area contributed by atoms with Crippen LogP contribution in [-0.4, -0.2) is 30.3 Å². The monoisotopic (exact) mass is 306 g/mol. The van der Waals surface area contributed by atoms with Gasteiger partial charge in [0.25, 0.3) is 0 Å². The number of hydrogen-bond donors (Lipinski definition) is 0. The maximum atomic E-state index is 12.2. The number of hydrogen-bond acceptors (Lipinski definition) is 4. The van der Waals surface area contributed by atoms with Crippen LogP contribution in [0.2, 0.25) is 0 Å². The standard InChI is InChI=1S/C13H13ClF2O4/c1-3-19-12(18)9-4-8(11(17)7(2)14)5-10(6-9)20-13(15)16/h4-7,13H,3H2,1-2H3. The van der Waals surface area contributed by atoms with E-state index in [0.29, 0.717) is 0 Å². The van der Waals surface area contributed by atoms with Crippen LogP contribution in [0, 0.1) is 0 Å². The van der Waals surface area contributed by atoms with Gasteiger partial charge < -0.3 is 9.47 Å². The summed E-state index contributed by atoms with van der Waals surface area (Å²) in [7, 11) is 0. The first kappa shape index (κ1) is 16.4. The first-order chi connectivity index (χ1) is 9.35. The molecule has 0 fully saturated rings. The summed E-state index contributed by atoms with van der Waals surface area (Å²) in [6, 6.07) is 3.42. The van der Waals surface area contributed by atoms with Crippen LogP contribution in [0.5, 0.6) is 5.75 Å². The molecule has 0 aliphatic rings. The fourth-order valence-corrected chi connectivity index (χ4v) is 1.60. The number of rotatable bonds is 6. The van der Waals surface area contributed by atoms with E-state index in [1.54, 1.807) is 6.92 Å². The quantitative estimate of drug-likeness (QED) is 0.460. The molecule has 110 valence electrons. The van der Waals surface area contributed by atoms with E-state index >= 15 is 0 Å². The van der Waals surface area contributed by atoms with Gasteiger partial charge in [-0.15, -0.1) is 11.6 Å². The zero-order chi connectivity index (χ0) is 15.3. The van der Waals surface area contributed by atoms with E-state index < -0.39 is 23.7 Å². The number of halogens is 3. The second-order valence-corrected chi connectivity index (χ2v) is 4.48. The predicted octanol–water partition coefficient (Wildman–Crippen LogP) is 3.27. The Kier molecular flexibility index (Phi) is 5.88. The summed E-state index contributed by atoms with van der Waals surface area (Å²) in [4.78, 5) is 23.4. The van der Waals surface area contributed by atoms with Crippen LogP contribution >= 0.6 is 11.6 Å². The van der Waals surface area contributed by atoms with Crippen LogP contribution in [0.15, 0.2) is 18.2 Å². The lowest BCUT2D eigenvalue weighted by molar-refractivity contribution is -0.0499. The van der Waals surface area contributed by atoms with Gasteiger partial charge in [-0.05, 0) is 32.0 Å². The van der Waals surface area contributed by atoms with E-state index in [4.69, 9.17) is 16.3 Å². The molecular weight excluding hydrogens is 294 g/mol. The Morgan fingerprint density at radius 1 is 1.25 bits per heavy atom. The number of Topliss-reactive ketones (excluding diaryl/α,β-unsaturated/α-hetero) is 1. The Balaban J connectivity index is 3.20. The van der Waals surface area contributed by atoms with Crippen LogP contribution in [0.1, 0.15) is 34.6 Å². The molecule has 4 nitrogen and oxygen atoms in total. The van der Waals surface area contributed by atoms with E-state index in [1.807, 2.05) is 0 Å². The van der Waals surface area contributed by atoms with E-state index in [0.717, 1.165) is 12.1 Å². The molecule has 1 rings (SSSR count). The van der Waals surface area contributed by atoms with E-state index in [9.17, 15) is 18.4 Å². The Morgan fingerprint density at radius 2 is 1.85 bits per heavy atom. The molecule has 0 saturated heterocycles. The highest BCUT2D eigenvalue weighted by atomic mass is 35.5. The van der Waals surface area contributed by atoms with Gasteiger partial charge in [0.15, 0.2) is 5.78 Å². The first-order valence-corrected chi connectivity index (χ1v) is 6.24. The number of benzene rings is 1. The maximum Gasteiger partial charge on any atom is 0.387 e. The smallest absolute Gasteiger partial charge is 0.387 e. The molecule has 1 aromatic carbocycles. The number of ketones is 1. The van der Waals surface area contributed by atoms with Crippen molar-refractivity contribution in [3.05, 3.63) is 29.3 Å². The van der Waals surface area contributed by atoms with Gasteiger partial charge in [0.1, 0.15) is 5.75 Å². The summed E-state index contributed by atoms with van der Waals surface area (Å²) in [5, 5.41) is -0.855. The lowest BCUT2D eigenvalue weighted by Crippen LogP contribution is -2.14. The third-order valence-corrected chi connectivity index (χ3v) is 2.49. The molecule has 0 heterocycles. The number of alkyl halides is 3. The molecule has 0 aliphatic heterocycles. The molecule has 0 amide bonds. The van der Waals surface area contributed by atoms with Gasteiger partial charge in [-0.1, -0.05) is 0 Å². The summed E-state index contributed by atoms with van der Waals surface area (Å²) in [6.45, 7) is 0.0937.